The third-order valence-corrected chi connectivity index (χ3v) is 7.52. The zero-order valence-corrected chi connectivity index (χ0v) is 18.7. The molecule has 0 saturated carbocycles. The van der Waals surface area contributed by atoms with Crippen molar-refractivity contribution in [3.05, 3.63) is 54.1 Å². The minimum Gasteiger partial charge on any atom is -0.367 e. The van der Waals surface area contributed by atoms with Gasteiger partial charge in [0.1, 0.15) is 0 Å². The van der Waals surface area contributed by atoms with Crippen LogP contribution in [0.4, 0.5) is 11.4 Å². The summed E-state index contributed by atoms with van der Waals surface area (Å²) in [5, 5.41) is 2.98. The molecule has 1 aliphatic rings. The number of carbonyl (C=O) groups excluding carboxylic acids is 1. The van der Waals surface area contributed by atoms with E-state index in [1.807, 2.05) is 24.3 Å². The maximum atomic E-state index is 12.8. The van der Waals surface area contributed by atoms with E-state index in [0.29, 0.717) is 18.7 Å². The molecule has 1 fully saturated rings. The van der Waals surface area contributed by atoms with Gasteiger partial charge in [-0.05, 0) is 43.4 Å². The van der Waals surface area contributed by atoms with Crippen molar-refractivity contribution in [2.45, 2.75) is 18.7 Å². The van der Waals surface area contributed by atoms with Gasteiger partial charge in [-0.15, -0.1) is 0 Å². The number of amides is 1. The molecule has 1 N–H and O–H groups in total. The van der Waals surface area contributed by atoms with Gasteiger partial charge in [0.25, 0.3) is 5.91 Å². The van der Waals surface area contributed by atoms with E-state index in [2.05, 4.69) is 22.2 Å². The number of benzene rings is 2. The summed E-state index contributed by atoms with van der Waals surface area (Å²) in [5.41, 5.74) is 2.17. The Labute approximate surface area is 179 Å². The molecule has 0 radical (unpaired) electrons. The molecule has 0 spiro atoms. The Balaban J connectivity index is 1.76. The minimum atomic E-state index is -3.54. The Morgan fingerprint density at radius 3 is 2.17 bits per heavy atom. The minimum absolute atomic E-state index is 0.195. The number of piperazine rings is 1. The van der Waals surface area contributed by atoms with E-state index in [9.17, 15) is 13.2 Å². The summed E-state index contributed by atoms with van der Waals surface area (Å²) in [5.74, 6) is -0.261. The third-order valence-electron chi connectivity index (χ3n) is 5.46. The van der Waals surface area contributed by atoms with Crippen LogP contribution in [0.1, 0.15) is 24.2 Å². The molecule has 162 valence electrons. The van der Waals surface area contributed by atoms with E-state index in [1.54, 1.807) is 26.0 Å². The highest BCUT2D eigenvalue weighted by molar-refractivity contribution is 7.89. The van der Waals surface area contributed by atoms with E-state index in [-0.39, 0.29) is 10.8 Å². The van der Waals surface area contributed by atoms with Gasteiger partial charge in [-0.3, -0.25) is 4.79 Å². The highest BCUT2D eigenvalue weighted by Gasteiger charge is 2.22. The highest BCUT2D eigenvalue weighted by Crippen LogP contribution is 2.27. The molecule has 2 aromatic rings. The second-order valence-electron chi connectivity index (χ2n) is 7.38. The van der Waals surface area contributed by atoms with Crippen molar-refractivity contribution in [1.29, 1.82) is 0 Å². The lowest BCUT2D eigenvalue weighted by atomic mass is 10.2. The first-order valence-electron chi connectivity index (χ1n) is 10.3. The average molecular weight is 431 g/mol. The van der Waals surface area contributed by atoms with Crippen molar-refractivity contribution in [2.75, 3.05) is 56.5 Å². The van der Waals surface area contributed by atoms with Gasteiger partial charge in [0.15, 0.2) is 0 Å². The maximum Gasteiger partial charge on any atom is 0.255 e. The third kappa shape index (κ3) is 4.83. The normalized spacial score (nSPS) is 15.4. The summed E-state index contributed by atoms with van der Waals surface area (Å²) in [6.45, 7) is 8.19. The monoisotopic (exact) mass is 430 g/mol. The maximum absolute atomic E-state index is 12.8. The molecule has 8 heteroatoms. The Hall–Kier alpha value is -2.42. The van der Waals surface area contributed by atoms with Gasteiger partial charge in [0.2, 0.25) is 10.0 Å². The van der Waals surface area contributed by atoms with Crippen molar-refractivity contribution >= 4 is 27.3 Å². The number of rotatable bonds is 7. The lowest BCUT2D eigenvalue weighted by molar-refractivity contribution is 0.102. The van der Waals surface area contributed by atoms with Gasteiger partial charge >= 0.3 is 0 Å². The first-order valence-corrected chi connectivity index (χ1v) is 11.7. The van der Waals surface area contributed by atoms with Gasteiger partial charge < -0.3 is 15.1 Å². The summed E-state index contributed by atoms with van der Waals surface area (Å²) in [7, 11) is -1.43. The van der Waals surface area contributed by atoms with Crippen molar-refractivity contribution in [1.82, 2.24) is 9.21 Å². The Kier molecular flexibility index (Phi) is 7.12. The molecule has 7 nitrogen and oxygen atoms in total. The van der Waals surface area contributed by atoms with Crippen LogP contribution in [0.2, 0.25) is 0 Å². The van der Waals surface area contributed by atoms with Crippen molar-refractivity contribution in [3.8, 4) is 0 Å². The summed E-state index contributed by atoms with van der Waals surface area (Å²) in [6.07, 6.45) is 0. The number of hydrogen-bond donors (Lipinski definition) is 1. The van der Waals surface area contributed by atoms with E-state index in [0.717, 1.165) is 37.6 Å². The van der Waals surface area contributed by atoms with Gasteiger partial charge in [-0.1, -0.05) is 26.0 Å². The zero-order chi connectivity index (χ0) is 21.7. The summed E-state index contributed by atoms with van der Waals surface area (Å²) in [4.78, 5) is 17.6. The van der Waals surface area contributed by atoms with Crippen LogP contribution in [0.25, 0.3) is 0 Å². The lowest BCUT2D eigenvalue weighted by Crippen LogP contribution is -2.44. The number of hydrogen-bond acceptors (Lipinski definition) is 5. The van der Waals surface area contributed by atoms with E-state index >= 15 is 0 Å². The first kappa shape index (κ1) is 22.3. The zero-order valence-electron chi connectivity index (χ0n) is 17.8. The van der Waals surface area contributed by atoms with Crippen LogP contribution < -0.4 is 10.2 Å². The molecular weight excluding hydrogens is 400 g/mol. The molecule has 30 heavy (non-hydrogen) atoms. The number of carbonyl (C=O) groups is 1. The predicted octanol–water partition coefficient (Wildman–Crippen LogP) is 2.72. The van der Waals surface area contributed by atoms with Crippen LogP contribution in [0.5, 0.6) is 0 Å². The Morgan fingerprint density at radius 2 is 1.57 bits per heavy atom. The number of likely N-dealkylation sites (N-methyl/N-ethyl adjacent to an activating group) is 1. The van der Waals surface area contributed by atoms with Gasteiger partial charge in [0, 0.05) is 44.8 Å². The van der Waals surface area contributed by atoms with Crippen molar-refractivity contribution in [3.63, 3.8) is 0 Å². The molecule has 3 rings (SSSR count). The second kappa shape index (κ2) is 9.59. The topological polar surface area (TPSA) is 73.0 Å². The molecule has 0 unspecified atom stereocenters. The molecule has 1 aliphatic heterocycles. The van der Waals surface area contributed by atoms with Crippen LogP contribution in [-0.2, 0) is 10.0 Å². The van der Waals surface area contributed by atoms with Crippen LogP contribution in [0, 0.1) is 0 Å². The van der Waals surface area contributed by atoms with E-state index in [1.165, 1.54) is 16.4 Å². The lowest BCUT2D eigenvalue weighted by Gasteiger charge is -2.35. The summed E-state index contributed by atoms with van der Waals surface area (Å²) in [6, 6.07) is 13.9. The molecule has 0 aliphatic carbocycles. The van der Waals surface area contributed by atoms with E-state index < -0.39 is 10.0 Å². The molecular formula is C22H30N4O3S. The van der Waals surface area contributed by atoms with Gasteiger partial charge in [-0.2, -0.15) is 4.31 Å². The first-order chi connectivity index (χ1) is 14.4. The smallest absolute Gasteiger partial charge is 0.255 e. The van der Waals surface area contributed by atoms with Gasteiger partial charge in [-0.25, -0.2) is 8.42 Å². The molecule has 0 bridgehead atoms. The molecule has 2 aromatic carbocycles. The average Bonchev–Trinajstić information content (AvgIpc) is 2.75. The quantitative estimate of drug-likeness (QED) is 0.731. The molecule has 1 heterocycles. The predicted molar refractivity (Wildman–Crippen MR) is 121 cm³/mol. The fourth-order valence-electron chi connectivity index (χ4n) is 3.59. The Bertz CT molecular complexity index is 964. The van der Waals surface area contributed by atoms with Crippen LogP contribution in [0.3, 0.4) is 0 Å². The Morgan fingerprint density at radius 1 is 0.967 bits per heavy atom. The number of nitrogens with zero attached hydrogens (tertiary/aromatic N) is 3. The summed E-state index contributed by atoms with van der Waals surface area (Å²) < 4.78 is 26.6. The van der Waals surface area contributed by atoms with Crippen molar-refractivity contribution < 1.29 is 13.2 Å². The highest BCUT2D eigenvalue weighted by atomic mass is 32.2. The number of sulfonamides is 1. The SMILES string of the molecule is CCN(CC)S(=O)(=O)c1ccc(C(=O)Nc2ccccc2N2CCN(C)CC2)cc1. The fourth-order valence-corrected chi connectivity index (χ4v) is 5.05. The largest absolute Gasteiger partial charge is 0.367 e. The van der Waals surface area contributed by atoms with E-state index in [4.69, 9.17) is 0 Å². The van der Waals surface area contributed by atoms with Gasteiger partial charge in [0.05, 0.1) is 16.3 Å². The fraction of sp³-hybridized carbons (Fsp3) is 0.409. The number of para-hydroxylation sites is 2. The summed E-state index contributed by atoms with van der Waals surface area (Å²) >= 11 is 0. The second-order valence-corrected chi connectivity index (χ2v) is 9.31. The molecule has 0 aromatic heterocycles. The molecule has 1 amide bonds. The molecule has 0 atom stereocenters. The number of nitrogens with one attached hydrogen (secondary N) is 1. The number of anilines is 2. The van der Waals surface area contributed by atoms with Crippen LogP contribution in [0.15, 0.2) is 53.4 Å². The van der Waals surface area contributed by atoms with Crippen LogP contribution >= 0.6 is 0 Å². The molecule has 1 saturated heterocycles. The standard InChI is InChI=1S/C22H30N4O3S/c1-4-26(5-2)30(28,29)19-12-10-18(11-13-19)22(27)23-20-8-6-7-9-21(20)25-16-14-24(3)15-17-25/h6-13H,4-5,14-17H2,1-3H3,(H,23,27). The van der Waals surface area contributed by atoms with Crippen LogP contribution in [-0.4, -0.2) is 69.8 Å². The van der Waals surface area contributed by atoms with Crippen molar-refractivity contribution in [2.24, 2.45) is 0 Å².